The number of rotatable bonds is 5. The molecule has 0 saturated carbocycles. The van der Waals surface area contributed by atoms with E-state index < -0.39 is 33.0 Å². The molecule has 0 aliphatic rings. The number of ether oxygens (including phenoxy) is 1. The Kier molecular flexibility index (Phi) is 4.88. The molecule has 0 bridgehead atoms. The third-order valence-corrected chi connectivity index (χ3v) is 2.83. The Hall–Kier alpha value is -0.0100. The predicted octanol–water partition coefficient (Wildman–Crippen LogP) is 2.30. The van der Waals surface area contributed by atoms with Crippen molar-refractivity contribution in [2.75, 3.05) is 12.4 Å². The molecule has 1 unspecified atom stereocenters. The Bertz CT molecular complexity index is 301. The molecule has 0 aromatic rings. The van der Waals surface area contributed by atoms with Crippen LogP contribution in [0.2, 0.25) is 0 Å². The molecule has 3 nitrogen and oxygen atoms in total. The molecule has 0 spiro atoms. The van der Waals surface area contributed by atoms with Crippen LogP contribution in [-0.4, -0.2) is 32.6 Å². The van der Waals surface area contributed by atoms with Crippen molar-refractivity contribution in [3.63, 3.8) is 0 Å². The SMILES string of the molecule is CCOC(C)(CC(F)(F)F)CS(=O)(=O)Cl. The van der Waals surface area contributed by atoms with Gasteiger partial charge in [-0.3, -0.25) is 0 Å². The van der Waals surface area contributed by atoms with Crippen LogP contribution in [0.3, 0.4) is 0 Å². The summed E-state index contributed by atoms with van der Waals surface area (Å²) in [5.41, 5.74) is -1.83. The van der Waals surface area contributed by atoms with Gasteiger partial charge >= 0.3 is 6.18 Å². The molecule has 0 N–H and O–H groups in total. The summed E-state index contributed by atoms with van der Waals surface area (Å²) >= 11 is 0. The monoisotopic (exact) mass is 268 g/mol. The van der Waals surface area contributed by atoms with Crippen LogP contribution in [0.5, 0.6) is 0 Å². The largest absolute Gasteiger partial charge is 0.391 e. The Morgan fingerprint density at radius 3 is 2.07 bits per heavy atom. The van der Waals surface area contributed by atoms with Gasteiger partial charge in [0, 0.05) is 17.3 Å². The summed E-state index contributed by atoms with van der Waals surface area (Å²) in [6.45, 7) is 2.54. The molecule has 0 aromatic heterocycles. The standard InChI is InChI=1S/C7H12ClF3O3S/c1-3-14-6(2,4-7(9,10)11)5-15(8,12)13/h3-5H2,1-2H3. The molecule has 0 amide bonds. The summed E-state index contributed by atoms with van der Waals surface area (Å²) in [6, 6.07) is 0. The van der Waals surface area contributed by atoms with Gasteiger partial charge in [0.1, 0.15) is 0 Å². The molecule has 8 heteroatoms. The molecule has 0 saturated heterocycles. The first-order chi connectivity index (χ1) is 6.47. The lowest BCUT2D eigenvalue weighted by molar-refractivity contribution is -0.178. The van der Waals surface area contributed by atoms with E-state index in [1.807, 2.05) is 0 Å². The van der Waals surface area contributed by atoms with Crippen molar-refractivity contribution in [2.24, 2.45) is 0 Å². The van der Waals surface area contributed by atoms with E-state index in [0.717, 1.165) is 6.92 Å². The summed E-state index contributed by atoms with van der Waals surface area (Å²) < 4.78 is 62.6. The molecular formula is C7H12ClF3O3S. The van der Waals surface area contributed by atoms with Gasteiger partial charge in [0.05, 0.1) is 17.8 Å². The van der Waals surface area contributed by atoms with Gasteiger partial charge in [-0.05, 0) is 13.8 Å². The van der Waals surface area contributed by atoms with Crippen molar-refractivity contribution >= 4 is 19.7 Å². The van der Waals surface area contributed by atoms with E-state index in [2.05, 4.69) is 0 Å². The fourth-order valence-electron chi connectivity index (χ4n) is 1.28. The van der Waals surface area contributed by atoms with E-state index in [9.17, 15) is 21.6 Å². The van der Waals surface area contributed by atoms with Crippen LogP contribution in [0.15, 0.2) is 0 Å². The zero-order valence-electron chi connectivity index (χ0n) is 8.27. The summed E-state index contributed by atoms with van der Waals surface area (Å²) in [5, 5.41) is 0. The van der Waals surface area contributed by atoms with Crippen LogP contribution in [0.25, 0.3) is 0 Å². The third-order valence-electron chi connectivity index (χ3n) is 1.54. The van der Waals surface area contributed by atoms with Gasteiger partial charge in [-0.2, -0.15) is 13.2 Å². The Morgan fingerprint density at radius 1 is 1.33 bits per heavy atom. The molecule has 0 aromatic carbocycles. The van der Waals surface area contributed by atoms with E-state index in [-0.39, 0.29) is 6.61 Å². The number of halogens is 4. The van der Waals surface area contributed by atoms with E-state index >= 15 is 0 Å². The zero-order valence-corrected chi connectivity index (χ0v) is 9.84. The Labute approximate surface area is 91.0 Å². The van der Waals surface area contributed by atoms with Crippen LogP contribution in [0.4, 0.5) is 13.2 Å². The first kappa shape index (κ1) is 15.0. The van der Waals surface area contributed by atoms with E-state index in [1.165, 1.54) is 6.92 Å². The second-order valence-electron chi connectivity index (χ2n) is 3.36. The molecule has 15 heavy (non-hydrogen) atoms. The molecule has 0 radical (unpaired) electrons. The van der Waals surface area contributed by atoms with Crippen molar-refractivity contribution in [1.82, 2.24) is 0 Å². The van der Waals surface area contributed by atoms with Crippen molar-refractivity contribution in [3.05, 3.63) is 0 Å². The minimum Gasteiger partial charge on any atom is -0.374 e. The lowest BCUT2D eigenvalue weighted by Crippen LogP contribution is -2.40. The van der Waals surface area contributed by atoms with E-state index in [0.29, 0.717) is 0 Å². The molecule has 0 fully saturated rings. The highest BCUT2D eigenvalue weighted by Crippen LogP contribution is 2.31. The summed E-state index contributed by atoms with van der Waals surface area (Å²) in [6.07, 6.45) is -5.84. The molecular weight excluding hydrogens is 257 g/mol. The summed E-state index contributed by atoms with van der Waals surface area (Å²) in [4.78, 5) is 0. The van der Waals surface area contributed by atoms with Gasteiger partial charge in [0.2, 0.25) is 9.05 Å². The van der Waals surface area contributed by atoms with Gasteiger partial charge < -0.3 is 4.74 Å². The molecule has 0 rings (SSSR count). The van der Waals surface area contributed by atoms with Crippen molar-refractivity contribution in [1.29, 1.82) is 0 Å². The Balaban J connectivity index is 4.75. The fourth-order valence-corrected chi connectivity index (χ4v) is 2.89. The van der Waals surface area contributed by atoms with E-state index in [1.54, 1.807) is 0 Å². The second-order valence-corrected chi connectivity index (χ2v) is 6.13. The minimum atomic E-state index is -4.49. The van der Waals surface area contributed by atoms with E-state index in [4.69, 9.17) is 15.4 Å². The highest BCUT2D eigenvalue weighted by atomic mass is 35.7. The lowest BCUT2D eigenvalue weighted by atomic mass is 10.0. The van der Waals surface area contributed by atoms with Crippen LogP contribution < -0.4 is 0 Å². The average Bonchev–Trinajstić information content (AvgIpc) is 1.74. The Morgan fingerprint density at radius 2 is 1.80 bits per heavy atom. The number of hydrogen-bond donors (Lipinski definition) is 0. The second kappa shape index (κ2) is 4.88. The van der Waals surface area contributed by atoms with Gasteiger partial charge in [-0.1, -0.05) is 0 Å². The summed E-state index contributed by atoms with van der Waals surface area (Å²) in [5.74, 6) is -0.866. The van der Waals surface area contributed by atoms with Gasteiger partial charge in [0.25, 0.3) is 0 Å². The lowest BCUT2D eigenvalue weighted by Gasteiger charge is -2.28. The number of alkyl halides is 3. The van der Waals surface area contributed by atoms with Crippen LogP contribution in [-0.2, 0) is 13.8 Å². The van der Waals surface area contributed by atoms with Crippen molar-refractivity contribution in [3.8, 4) is 0 Å². The smallest absolute Gasteiger partial charge is 0.374 e. The van der Waals surface area contributed by atoms with Crippen molar-refractivity contribution < 1.29 is 26.3 Å². The van der Waals surface area contributed by atoms with Crippen molar-refractivity contribution in [2.45, 2.75) is 32.0 Å². The molecule has 92 valence electrons. The maximum absolute atomic E-state index is 12.1. The maximum atomic E-state index is 12.1. The highest BCUT2D eigenvalue weighted by molar-refractivity contribution is 8.13. The average molecular weight is 269 g/mol. The van der Waals surface area contributed by atoms with Crippen LogP contribution in [0.1, 0.15) is 20.3 Å². The summed E-state index contributed by atoms with van der Waals surface area (Å²) in [7, 11) is 0.878. The molecule has 0 heterocycles. The molecule has 1 atom stereocenters. The number of hydrogen-bond acceptors (Lipinski definition) is 3. The van der Waals surface area contributed by atoms with Gasteiger partial charge in [-0.15, -0.1) is 0 Å². The topological polar surface area (TPSA) is 43.4 Å². The van der Waals surface area contributed by atoms with Gasteiger partial charge in [0.15, 0.2) is 0 Å². The van der Waals surface area contributed by atoms with Gasteiger partial charge in [-0.25, -0.2) is 8.42 Å². The normalized spacial score (nSPS) is 17.5. The quantitative estimate of drug-likeness (QED) is 0.719. The third kappa shape index (κ3) is 7.87. The maximum Gasteiger partial charge on any atom is 0.391 e. The first-order valence-corrected chi connectivity index (χ1v) is 6.58. The van der Waals surface area contributed by atoms with Crippen LogP contribution in [0, 0.1) is 0 Å². The fraction of sp³-hybridized carbons (Fsp3) is 1.00. The molecule has 0 aliphatic heterocycles. The van der Waals surface area contributed by atoms with Crippen LogP contribution >= 0.6 is 10.7 Å². The minimum absolute atomic E-state index is 0.0149. The highest BCUT2D eigenvalue weighted by Gasteiger charge is 2.42. The zero-order chi connectivity index (χ0) is 12.3. The first-order valence-electron chi connectivity index (χ1n) is 4.10. The predicted molar refractivity (Wildman–Crippen MR) is 50.3 cm³/mol. The molecule has 0 aliphatic carbocycles.